The number of imidazole rings is 1. The summed E-state index contributed by atoms with van der Waals surface area (Å²) >= 11 is 0. The van der Waals surface area contributed by atoms with Gasteiger partial charge in [0.25, 0.3) is 0 Å². The Morgan fingerprint density at radius 1 is 1.50 bits per heavy atom. The van der Waals surface area contributed by atoms with Crippen LogP contribution >= 0.6 is 0 Å². The topological polar surface area (TPSA) is 76.2 Å². The van der Waals surface area contributed by atoms with Crippen molar-refractivity contribution in [1.82, 2.24) is 15.3 Å². The van der Waals surface area contributed by atoms with Crippen molar-refractivity contribution in [3.05, 3.63) is 17.2 Å². The van der Waals surface area contributed by atoms with E-state index in [1.807, 2.05) is 27.7 Å². The fraction of sp³-hybridized carbons (Fsp3) is 0.750. The van der Waals surface area contributed by atoms with Gasteiger partial charge in [-0.3, -0.25) is 0 Å². The van der Waals surface area contributed by atoms with Gasteiger partial charge in [-0.2, -0.15) is 0 Å². The molecule has 2 atom stereocenters. The maximum absolute atomic E-state index is 12.1. The summed E-state index contributed by atoms with van der Waals surface area (Å²) < 4.78 is 10.9. The number of aromatic nitrogens is 2. The van der Waals surface area contributed by atoms with E-state index >= 15 is 0 Å². The first kappa shape index (κ1) is 16.8. The SMILES string of the molecule is CC(C)CC(NC(=O)OC(C)(C)C)c1nc2c([nH]1)COC2C. The van der Waals surface area contributed by atoms with Crippen LogP contribution in [0.4, 0.5) is 4.79 Å². The van der Waals surface area contributed by atoms with E-state index in [1.165, 1.54) is 0 Å². The minimum Gasteiger partial charge on any atom is -0.444 e. The number of carbonyl (C=O) groups is 1. The van der Waals surface area contributed by atoms with Crippen LogP contribution in [0.1, 0.15) is 77.3 Å². The first-order valence-corrected chi connectivity index (χ1v) is 7.85. The number of aromatic amines is 1. The van der Waals surface area contributed by atoms with E-state index in [2.05, 4.69) is 29.1 Å². The van der Waals surface area contributed by atoms with Crippen LogP contribution < -0.4 is 5.32 Å². The number of nitrogens with zero attached hydrogens (tertiary/aromatic N) is 1. The van der Waals surface area contributed by atoms with Crippen LogP contribution in [0, 0.1) is 5.92 Å². The van der Waals surface area contributed by atoms with Crippen molar-refractivity contribution in [2.75, 3.05) is 0 Å². The molecule has 0 radical (unpaired) electrons. The summed E-state index contributed by atoms with van der Waals surface area (Å²) in [7, 11) is 0. The number of fused-ring (bicyclic) bond motifs is 1. The number of amides is 1. The standard InChI is InChI=1S/C16H27N3O3/c1-9(2)7-11(18-15(20)22-16(4,5)6)14-17-12-8-21-10(3)13(12)19-14/h9-11H,7-8H2,1-6H3,(H,17,19)(H,18,20). The lowest BCUT2D eigenvalue weighted by molar-refractivity contribution is 0.0494. The molecule has 22 heavy (non-hydrogen) atoms. The summed E-state index contributed by atoms with van der Waals surface area (Å²) in [6.07, 6.45) is 0.376. The van der Waals surface area contributed by atoms with Gasteiger partial charge in [0.1, 0.15) is 11.4 Å². The van der Waals surface area contributed by atoms with Gasteiger partial charge in [0.2, 0.25) is 0 Å². The van der Waals surface area contributed by atoms with Gasteiger partial charge in [-0.1, -0.05) is 13.8 Å². The third-order valence-electron chi connectivity index (χ3n) is 3.42. The third-order valence-corrected chi connectivity index (χ3v) is 3.42. The molecule has 0 fully saturated rings. The number of rotatable bonds is 4. The molecular weight excluding hydrogens is 282 g/mol. The van der Waals surface area contributed by atoms with E-state index in [4.69, 9.17) is 9.47 Å². The van der Waals surface area contributed by atoms with E-state index in [-0.39, 0.29) is 12.1 Å². The molecule has 124 valence electrons. The number of ether oxygens (including phenoxy) is 2. The van der Waals surface area contributed by atoms with Gasteiger partial charge in [-0.15, -0.1) is 0 Å². The highest BCUT2D eigenvalue weighted by molar-refractivity contribution is 5.68. The number of alkyl carbamates (subject to hydrolysis) is 1. The van der Waals surface area contributed by atoms with Crippen LogP contribution in [0.2, 0.25) is 0 Å². The number of hydrogen-bond donors (Lipinski definition) is 2. The van der Waals surface area contributed by atoms with Crippen molar-refractivity contribution in [3.63, 3.8) is 0 Å². The van der Waals surface area contributed by atoms with Crippen LogP contribution in [-0.4, -0.2) is 21.7 Å². The van der Waals surface area contributed by atoms with Crippen molar-refractivity contribution < 1.29 is 14.3 Å². The van der Waals surface area contributed by atoms with Crippen molar-refractivity contribution in [1.29, 1.82) is 0 Å². The molecule has 1 aromatic heterocycles. The Morgan fingerprint density at radius 2 is 2.18 bits per heavy atom. The molecule has 0 saturated heterocycles. The van der Waals surface area contributed by atoms with Gasteiger partial charge >= 0.3 is 6.09 Å². The fourth-order valence-electron chi connectivity index (χ4n) is 2.50. The average molecular weight is 309 g/mol. The van der Waals surface area contributed by atoms with E-state index in [9.17, 15) is 4.79 Å². The first-order chi connectivity index (χ1) is 10.2. The Hall–Kier alpha value is -1.56. The van der Waals surface area contributed by atoms with Crippen LogP contribution in [0.15, 0.2) is 0 Å². The summed E-state index contributed by atoms with van der Waals surface area (Å²) in [5.74, 6) is 1.20. The number of H-pyrrole nitrogens is 1. The minimum atomic E-state index is -0.514. The second kappa shape index (κ2) is 6.28. The Labute approximate surface area is 132 Å². The molecule has 2 unspecified atom stereocenters. The Bertz CT molecular complexity index is 531. The molecule has 1 aliphatic rings. The van der Waals surface area contributed by atoms with Crippen molar-refractivity contribution in [2.45, 2.75) is 72.3 Å². The highest BCUT2D eigenvalue weighted by atomic mass is 16.6. The Morgan fingerprint density at radius 3 is 2.73 bits per heavy atom. The van der Waals surface area contributed by atoms with E-state index in [0.29, 0.717) is 12.5 Å². The molecule has 2 heterocycles. The molecule has 6 heteroatoms. The molecular formula is C16H27N3O3. The Balaban J connectivity index is 2.13. The number of hydrogen-bond acceptors (Lipinski definition) is 4. The molecule has 2 N–H and O–H groups in total. The second-order valence-electron chi connectivity index (χ2n) is 7.27. The molecule has 6 nitrogen and oxygen atoms in total. The van der Waals surface area contributed by atoms with Crippen LogP contribution in [0.3, 0.4) is 0 Å². The second-order valence-corrected chi connectivity index (χ2v) is 7.27. The normalized spacial score (nSPS) is 19.1. The molecule has 0 bridgehead atoms. The maximum atomic E-state index is 12.1. The lowest BCUT2D eigenvalue weighted by Crippen LogP contribution is -2.36. The van der Waals surface area contributed by atoms with Crippen molar-refractivity contribution >= 4 is 6.09 Å². The summed E-state index contributed by atoms with van der Waals surface area (Å²) in [6.45, 7) is 12.3. The van der Waals surface area contributed by atoms with Gasteiger partial charge in [-0.25, -0.2) is 9.78 Å². The highest BCUT2D eigenvalue weighted by Gasteiger charge is 2.28. The van der Waals surface area contributed by atoms with Gasteiger partial charge in [0.15, 0.2) is 0 Å². The fourth-order valence-corrected chi connectivity index (χ4v) is 2.50. The lowest BCUT2D eigenvalue weighted by Gasteiger charge is -2.23. The van der Waals surface area contributed by atoms with Crippen molar-refractivity contribution in [2.24, 2.45) is 5.92 Å². The predicted octanol–water partition coefficient (Wildman–Crippen LogP) is 3.61. The Kier molecular flexibility index (Phi) is 4.80. The van der Waals surface area contributed by atoms with Gasteiger partial charge in [0.05, 0.1) is 30.1 Å². The van der Waals surface area contributed by atoms with E-state index in [0.717, 1.165) is 23.6 Å². The first-order valence-electron chi connectivity index (χ1n) is 7.85. The molecule has 0 aliphatic carbocycles. The quantitative estimate of drug-likeness (QED) is 0.890. The van der Waals surface area contributed by atoms with Gasteiger partial charge < -0.3 is 19.8 Å². The smallest absolute Gasteiger partial charge is 0.408 e. The zero-order valence-electron chi connectivity index (χ0n) is 14.3. The third kappa shape index (κ3) is 4.22. The number of carbonyl (C=O) groups excluding carboxylic acids is 1. The summed E-state index contributed by atoms with van der Waals surface area (Å²) in [4.78, 5) is 20.0. The zero-order chi connectivity index (χ0) is 16.5. The molecule has 0 aromatic carbocycles. The van der Waals surface area contributed by atoms with Crippen LogP contribution in [0.25, 0.3) is 0 Å². The maximum Gasteiger partial charge on any atom is 0.408 e. The van der Waals surface area contributed by atoms with Crippen LogP contribution in [-0.2, 0) is 16.1 Å². The van der Waals surface area contributed by atoms with Gasteiger partial charge in [-0.05, 0) is 40.0 Å². The predicted molar refractivity (Wildman–Crippen MR) is 83.4 cm³/mol. The summed E-state index contributed by atoms with van der Waals surface area (Å²) in [6, 6.07) is -0.187. The van der Waals surface area contributed by atoms with E-state index in [1.54, 1.807) is 0 Å². The zero-order valence-corrected chi connectivity index (χ0v) is 14.3. The lowest BCUT2D eigenvalue weighted by atomic mass is 10.0. The molecule has 0 spiro atoms. The van der Waals surface area contributed by atoms with Gasteiger partial charge in [0, 0.05) is 0 Å². The number of nitrogens with one attached hydrogen (secondary N) is 2. The molecule has 1 aromatic rings. The summed E-state index contributed by atoms with van der Waals surface area (Å²) in [5, 5.41) is 2.93. The van der Waals surface area contributed by atoms with Crippen molar-refractivity contribution in [3.8, 4) is 0 Å². The molecule has 1 aliphatic heterocycles. The van der Waals surface area contributed by atoms with Crippen LogP contribution in [0.5, 0.6) is 0 Å². The van der Waals surface area contributed by atoms with E-state index < -0.39 is 11.7 Å². The molecule has 2 rings (SSSR count). The monoisotopic (exact) mass is 309 g/mol. The highest BCUT2D eigenvalue weighted by Crippen LogP contribution is 2.30. The largest absolute Gasteiger partial charge is 0.444 e. The summed E-state index contributed by atoms with van der Waals surface area (Å²) in [5.41, 5.74) is 1.43. The molecule has 0 saturated carbocycles. The average Bonchev–Trinajstić information content (AvgIpc) is 2.88. The molecule has 1 amide bonds. The minimum absolute atomic E-state index is 0.00114.